The number of fused-ring (bicyclic) bond motifs is 3. The van der Waals surface area contributed by atoms with Gasteiger partial charge in [-0.15, -0.1) is 0 Å². The van der Waals surface area contributed by atoms with E-state index >= 15 is 0 Å². The molecule has 0 atom stereocenters. The van der Waals surface area contributed by atoms with E-state index in [1.165, 1.54) is 7.11 Å². The molecule has 0 aliphatic heterocycles. The second kappa shape index (κ2) is 5.05. The molecule has 0 fully saturated rings. The molecule has 3 aromatic carbocycles. The van der Waals surface area contributed by atoms with Crippen molar-refractivity contribution >= 4 is 21.5 Å². The summed E-state index contributed by atoms with van der Waals surface area (Å²) in [5, 5.41) is 13.9. The fourth-order valence-corrected chi connectivity index (χ4v) is 2.62. The van der Waals surface area contributed by atoms with Crippen LogP contribution in [0.2, 0.25) is 0 Å². The van der Waals surface area contributed by atoms with Gasteiger partial charge in [0.2, 0.25) is 0 Å². The molecule has 0 saturated carbocycles. The number of hydrogen-bond donors (Lipinski definition) is 1. The van der Waals surface area contributed by atoms with Gasteiger partial charge >= 0.3 is 0 Å². The van der Waals surface area contributed by atoms with Gasteiger partial charge in [-0.25, -0.2) is 0 Å². The summed E-state index contributed by atoms with van der Waals surface area (Å²) in [6.45, 7) is 0. The summed E-state index contributed by atoms with van der Waals surface area (Å²) in [7, 11) is 4.75. The van der Waals surface area contributed by atoms with Crippen LogP contribution in [0.15, 0.2) is 36.4 Å². The van der Waals surface area contributed by atoms with Crippen LogP contribution in [0.3, 0.4) is 0 Å². The van der Waals surface area contributed by atoms with Crippen molar-refractivity contribution in [3.8, 4) is 23.0 Å². The lowest BCUT2D eigenvalue weighted by Gasteiger charge is -2.13. The van der Waals surface area contributed by atoms with E-state index in [2.05, 4.69) is 0 Å². The monoisotopic (exact) mass is 284 g/mol. The summed E-state index contributed by atoms with van der Waals surface area (Å²) < 4.78 is 16.0. The Bertz CT molecular complexity index is 824. The fourth-order valence-electron chi connectivity index (χ4n) is 2.62. The van der Waals surface area contributed by atoms with Crippen LogP contribution < -0.4 is 14.2 Å². The van der Waals surface area contributed by atoms with Crippen molar-refractivity contribution in [2.24, 2.45) is 0 Å². The maximum atomic E-state index is 10.5. The highest BCUT2D eigenvalue weighted by molar-refractivity contribution is 6.14. The number of phenolic OH excluding ortho intramolecular Hbond substituents is 1. The fraction of sp³-hybridized carbons (Fsp3) is 0.176. The molecule has 0 spiro atoms. The Kier molecular flexibility index (Phi) is 3.22. The first-order valence-corrected chi connectivity index (χ1v) is 6.54. The Morgan fingerprint density at radius 1 is 0.714 bits per heavy atom. The van der Waals surface area contributed by atoms with E-state index in [9.17, 15) is 5.11 Å². The van der Waals surface area contributed by atoms with Crippen LogP contribution in [-0.4, -0.2) is 26.4 Å². The Morgan fingerprint density at radius 2 is 1.38 bits per heavy atom. The first-order valence-electron chi connectivity index (χ1n) is 6.54. The van der Waals surface area contributed by atoms with Crippen molar-refractivity contribution in [3.63, 3.8) is 0 Å². The number of methoxy groups -OCH3 is 3. The molecule has 0 aliphatic rings. The van der Waals surface area contributed by atoms with Gasteiger partial charge in [0.05, 0.1) is 21.3 Å². The lowest BCUT2D eigenvalue weighted by Crippen LogP contribution is -1.91. The standard InChI is InChI=1S/C17H16O4/c1-19-12-8-11-5-4-10-6-7-13(20-2)17(18)16(10)15(11)14(9-12)21-3/h4-9,18H,1-3H3. The molecule has 1 N–H and O–H groups in total. The van der Waals surface area contributed by atoms with Crippen LogP contribution in [-0.2, 0) is 0 Å². The van der Waals surface area contributed by atoms with Gasteiger partial charge in [-0.05, 0) is 22.9 Å². The molecular formula is C17H16O4. The van der Waals surface area contributed by atoms with Gasteiger partial charge in [0.1, 0.15) is 11.5 Å². The topological polar surface area (TPSA) is 47.9 Å². The highest BCUT2D eigenvalue weighted by Gasteiger charge is 2.14. The Labute approximate surface area is 122 Å². The van der Waals surface area contributed by atoms with Crippen molar-refractivity contribution in [1.82, 2.24) is 0 Å². The van der Waals surface area contributed by atoms with Gasteiger partial charge in [-0.2, -0.15) is 0 Å². The van der Waals surface area contributed by atoms with Crippen LogP contribution in [0.25, 0.3) is 21.5 Å². The number of hydrogen-bond acceptors (Lipinski definition) is 4. The first-order chi connectivity index (χ1) is 10.2. The zero-order chi connectivity index (χ0) is 15.0. The third-order valence-corrected chi connectivity index (χ3v) is 3.65. The molecule has 0 radical (unpaired) electrons. The first kappa shape index (κ1) is 13.4. The largest absolute Gasteiger partial charge is 0.504 e. The molecule has 0 heterocycles. The number of aromatic hydroxyl groups is 1. The average molecular weight is 284 g/mol. The Balaban J connectivity index is 2.51. The predicted molar refractivity (Wildman–Crippen MR) is 82.8 cm³/mol. The van der Waals surface area contributed by atoms with E-state index in [0.717, 1.165) is 16.2 Å². The number of ether oxygens (including phenoxy) is 3. The van der Waals surface area contributed by atoms with Crippen molar-refractivity contribution < 1.29 is 19.3 Å². The van der Waals surface area contributed by atoms with Crippen LogP contribution in [0.1, 0.15) is 0 Å². The molecule has 0 amide bonds. The second-order valence-corrected chi connectivity index (χ2v) is 4.71. The van der Waals surface area contributed by atoms with E-state index < -0.39 is 0 Å². The molecule has 4 heteroatoms. The van der Waals surface area contributed by atoms with E-state index in [4.69, 9.17) is 14.2 Å². The van der Waals surface area contributed by atoms with Gasteiger partial charge in [0, 0.05) is 16.8 Å². The maximum Gasteiger partial charge on any atom is 0.166 e. The molecule has 108 valence electrons. The third-order valence-electron chi connectivity index (χ3n) is 3.65. The molecule has 4 nitrogen and oxygen atoms in total. The quantitative estimate of drug-likeness (QED) is 0.745. The normalized spacial score (nSPS) is 10.8. The Hall–Kier alpha value is -2.62. The van der Waals surface area contributed by atoms with Crippen LogP contribution in [0.5, 0.6) is 23.0 Å². The lowest BCUT2D eigenvalue weighted by molar-refractivity contribution is 0.376. The second-order valence-electron chi connectivity index (χ2n) is 4.71. The molecule has 3 rings (SSSR count). The maximum absolute atomic E-state index is 10.5. The SMILES string of the molecule is COc1cc(OC)c2c(ccc3ccc(OC)c(O)c32)c1. The summed E-state index contributed by atoms with van der Waals surface area (Å²) in [6, 6.07) is 11.3. The van der Waals surface area contributed by atoms with Gasteiger partial charge in [-0.1, -0.05) is 18.2 Å². The summed E-state index contributed by atoms with van der Waals surface area (Å²) in [4.78, 5) is 0. The smallest absolute Gasteiger partial charge is 0.166 e. The van der Waals surface area contributed by atoms with Crippen LogP contribution >= 0.6 is 0 Å². The summed E-state index contributed by atoms with van der Waals surface area (Å²) in [5.41, 5.74) is 0. The molecule has 0 bridgehead atoms. The minimum atomic E-state index is 0.115. The molecule has 21 heavy (non-hydrogen) atoms. The number of phenols is 1. The lowest BCUT2D eigenvalue weighted by atomic mass is 9.99. The Morgan fingerprint density at radius 3 is 2.05 bits per heavy atom. The van der Waals surface area contributed by atoms with Crippen molar-refractivity contribution in [1.29, 1.82) is 0 Å². The zero-order valence-corrected chi connectivity index (χ0v) is 12.1. The van der Waals surface area contributed by atoms with Crippen LogP contribution in [0.4, 0.5) is 0 Å². The summed E-state index contributed by atoms with van der Waals surface area (Å²) in [6.07, 6.45) is 0. The van der Waals surface area contributed by atoms with E-state index in [0.29, 0.717) is 22.6 Å². The average Bonchev–Trinajstić information content (AvgIpc) is 2.53. The van der Waals surface area contributed by atoms with Crippen molar-refractivity contribution in [2.75, 3.05) is 21.3 Å². The highest BCUT2D eigenvalue weighted by atomic mass is 16.5. The van der Waals surface area contributed by atoms with E-state index in [1.807, 2.05) is 24.3 Å². The minimum absolute atomic E-state index is 0.115. The minimum Gasteiger partial charge on any atom is -0.504 e. The predicted octanol–water partition coefficient (Wildman–Crippen LogP) is 3.72. The molecule has 3 aromatic rings. The molecule has 0 aromatic heterocycles. The van der Waals surface area contributed by atoms with E-state index in [-0.39, 0.29) is 5.75 Å². The third kappa shape index (κ3) is 2.00. The van der Waals surface area contributed by atoms with Gasteiger partial charge in [0.15, 0.2) is 11.5 Å². The highest BCUT2D eigenvalue weighted by Crippen LogP contribution is 2.43. The summed E-state index contributed by atoms with van der Waals surface area (Å²) in [5.74, 6) is 1.91. The molecule has 0 unspecified atom stereocenters. The number of rotatable bonds is 3. The molecular weight excluding hydrogens is 268 g/mol. The number of benzene rings is 3. The van der Waals surface area contributed by atoms with Crippen molar-refractivity contribution in [3.05, 3.63) is 36.4 Å². The zero-order valence-electron chi connectivity index (χ0n) is 12.1. The molecule has 0 aliphatic carbocycles. The molecule has 0 saturated heterocycles. The van der Waals surface area contributed by atoms with Gasteiger partial charge < -0.3 is 19.3 Å². The summed E-state index contributed by atoms with van der Waals surface area (Å²) >= 11 is 0. The van der Waals surface area contributed by atoms with Crippen molar-refractivity contribution in [2.45, 2.75) is 0 Å². The van der Waals surface area contributed by atoms with Gasteiger partial charge in [0.25, 0.3) is 0 Å². The van der Waals surface area contributed by atoms with E-state index in [1.54, 1.807) is 26.4 Å². The van der Waals surface area contributed by atoms with Crippen LogP contribution in [0, 0.1) is 0 Å². The van der Waals surface area contributed by atoms with Gasteiger partial charge in [-0.3, -0.25) is 0 Å².